The van der Waals surface area contributed by atoms with Crippen molar-refractivity contribution in [3.8, 4) is 5.75 Å². The van der Waals surface area contributed by atoms with Gasteiger partial charge in [-0.25, -0.2) is 4.89 Å². The number of benzene rings is 1. The summed E-state index contributed by atoms with van der Waals surface area (Å²) in [5, 5.41) is 10.7. The van der Waals surface area contributed by atoms with Crippen LogP contribution in [0.2, 0.25) is 0 Å². The molecule has 5 heteroatoms. The Kier molecular flexibility index (Phi) is 4.46. The van der Waals surface area contributed by atoms with Crippen LogP contribution in [0.3, 0.4) is 0 Å². The maximum Gasteiger partial charge on any atom is 0.134 e. The Labute approximate surface area is 147 Å². The molecule has 3 saturated heterocycles. The summed E-state index contributed by atoms with van der Waals surface area (Å²) in [6, 6.07) is 7.91. The van der Waals surface area contributed by atoms with Crippen LogP contribution in [0, 0.1) is 11.8 Å². The van der Waals surface area contributed by atoms with E-state index in [0.29, 0.717) is 11.8 Å². The SMILES string of the molecule is C=C[C@H]1CN2CC[C@H]1C[C@@H]2[C@@H](OO)c1ccnc2ccc(OC)cc12. The van der Waals surface area contributed by atoms with Crippen molar-refractivity contribution in [3.05, 3.63) is 48.7 Å². The van der Waals surface area contributed by atoms with Gasteiger partial charge in [-0.3, -0.25) is 15.1 Å². The second-order valence-corrected chi connectivity index (χ2v) is 7.06. The lowest BCUT2D eigenvalue weighted by Crippen LogP contribution is -2.55. The van der Waals surface area contributed by atoms with Crippen molar-refractivity contribution in [3.63, 3.8) is 0 Å². The minimum Gasteiger partial charge on any atom is -0.497 e. The number of fused-ring (bicyclic) bond motifs is 4. The van der Waals surface area contributed by atoms with E-state index in [1.165, 1.54) is 6.42 Å². The van der Waals surface area contributed by atoms with Gasteiger partial charge in [-0.1, -0.05) is 6.08 Å². The first-order valence-electron chi connectivity index (χ1n) is 8.84. The molecule has 1 N–H and O–H groups in total. The van der Waals surface area contributed by atoms with Gasteiger partial charge in [-0.2, -0.15) is 0 Å². The number of hydrogen-bond donors (Lipinski definition) is 1. The number of nitrogens with zero attached hydrogens (tertiary/aromatic N) is 2. The maximum atomic E-state index is 9.77. The molecule has 1 unspecified atom stereocenters. The Hall–Kier alpha value is -1.95. The lowest BCUT2D eigenvalue weighted by atomic mass is 9.73. The molecule has 4 heterocycles. The molecule has 3 aliphatic rings. The molecular formula is C20H24N2O3. The number of ether oxygens (including phenoxy) is 1. The molecule has 1 aromatic heterocycles. The summed E-state index contributed by atoms with van der Waals surface area (Å²) >= 11 is 0. The van der Waals surface area contributed by atoms with Crippen molar-refractivity contribution < 1.29 is 14.9 Å². The van der Waals surface area contributed by atoms with Crippen molar-refractivity contribution in [1.82, 2.24) is 9.88 Å². The van der Waals surface area contributed by atoms with E-state index < -0.39 is 6.10 Å². The predicted molar refractivity (Wildman–Crippen MR) is 96.5 cm³/mol. The van der Waals surface area contributed by atoms with Gasteiger partial charge < -0.3 is 4.74 Å². The zero-order chi connectivity index (χ0) is 17.4. The Bertz CT molecular complexity index is 779. The van der Waals surface area contributed by atoms with E-state index in [2.05, 4.69) is 22.5 Å². The highest BCUT2D eigenvalue weighted by Gasteiger charge is 2.43. The van der Waals surface area contributed by atoms with Gasteiger partial charge in [0.05, 0.1) is 12.6 Å². The summed E-state index contributed by atoms with van der Waals surface area (Å²) in [6.45, 7) is 6.02. The van der Waals surface area contributed by atoms with E-state index in [1.807, 2.05) is 24.3 Å². The number of aromatic nitrogens is 1. The highest BCUT2D eigenvalue weighted by Crippen LogP contribution is 2.43. The Morgan fingerprint density at radius 1 is 1.40 bits per heavy atom. The molecule has 3 fully saturated rings. The number of pyridine rings is 1. The molecule has 0 spiro atoms. The van der Waals surface area contributed by atoms with Gasteiger partial charge in [0, 0.05) is 24.2 Å². The lowest BCUT2D eigenvalue weighted by molar-refractivity contribution is -0.300. The van der Waals surface area contributed by atoms with Crippen LogP contribution in [-0.2, 0) is 4.89 Å². The second-order valence-electron chi connectivity index (χ2n) is 7.06. The normalized spacial score (nSPS) is 29.5. The lowest BCUT2D eigenvalue weighted by Gasteiger charge is -2.50. The van der Waals surface area contributed by atoms with Gasteiger partial charge in [-0.15, -0.1) is 6.58 Å². The number of hydrogen-bond acceptors (Lipinski definition) is 5. The van der Waals surface area contributed by atoms with Crippen LogP contribution in [0.5, 0.6) is 5.75 Å². The van der Waals surface area contributed by atoms with Crippen LogP contribution in [0.15, 0.2) is 43.1 Å². The highest BCUT2D eigenvalue weighted by molar-refractivity contribution is 5.84. The zero-order valence-electron chi connectivity index (χ0n) is 14.5. The third kappa shape index (κ3) is 2.82. The first-order valence-corrected chi connectivity index (χ1v) is 8.84. The second kappa shape index (κ2) is 6.75. The van der Waals surface area contributed by atoms with Crippen molar-refractivity contribution in [2.24, 2.45) is 11.8 Å². The summed E-state index contributed by atoms with van der Waals surface area (Å²) in [5.74, 6) is 1.93. The fourth-order valence-corrected chi connectivity index (χ4v) is 4.55. The molecule has 2 aromatic rings. The molecule has 5 nitrogen and oxygen atoms in total. The first-order chi connectivity index (χ1) is 12.2. The van der Waals surface area contributed by atoms with E-state index in [-0.39, 0.29) is 6.04 Å². The highest BCUT2D eigenvalue weighted by atomic mass is 17.1. The molecule has 0 amide bonds. The fraction of sp³-hybridized carbons (Fsp3) is 0.450. The standard InChI is InChI=1S/C20H24N2O3/c1-3-13-12-22-9-7-14(13)10-19(22)20(25-23)16-6-8-21-18-5-4-15(24-2)11-17(16)18/h3-6,8,11,13-14,19-20,23H,1,7,9-10,12H2,2H3/t13-,14-,19+,20-/m0/s1. The smallest absolute Gasteiger partial charge is 0.134 e. The Morgan fingerprint density at radius 3 is 2.96 bits per heavy atom. The number of piperidine rings is 3. The predicted octanol–water partition coefficient (Wildman–Crippen LogP) is 3.67. The van der Waals surface area contributed by atoms with Crippen LogP contribution in [0.1, 0.15) is 24.5 Å². The van der Waals surface area contributed by atoms with Crippen molar-refractivity contribution in [1.29, 1.82) is 0 Å². The van der Waals surface area contributed by atoms with E-state index in [4.69, 9.17) is 9.62 Å². The van der Waals surface area contributed by atoms with Gasteiger partial charge in [0.1, 0.15) is 11.9 Å². The van der Waals surface area contributed by atoms with Crippen LogP contribution >= 0.6 is 0 Å². The third-order valence-electron chi connectivity index (χ3n) is 5.91. The largest absolute Gasteiger partial charge is 0.497 e. The van der Waals surface area contributed by atoms with Crippen molar-refractivity contribution in [2.75, 3.05) is 20.2 Å². The van der Waals surface area contributed by atoms with Crippen LogP contribution in [-0.4, -0.2) is 41.4 Å². The van der Waals surface area contributed by atoms with Gasteiger partial charge in [0.2, 0.25) is 0 Å². The average Bonchev–Trinajstić information content (AvgIpc) is 2.68. The van der Waals surface area contributed by atoms with Gasteiger partial charge in [-0.05, 0) is 61.1 Å². The summed E-state index contributed by atoms with van der Waals surface area (Å²) in [5.41, 5.74) is 1.83. The van der Waals surface area contributed by atoms with E-state index in [0.717, 1.165) is 41.7 Å². The van der Waals surface area contributed by atoms with Crippen molar-refractivity contribution in [2.45, 2.75) is 25.0 Å². The zero-order valence-corrected chi connectivity index (χ0v) is 14.5. The van der Waals surface area contributed by atoms with Gasteiger partial charge >= 0.3 is 0 Å². The topological polar surface area (TPSA) is 54.8 Å². The van der Waals surface area contributed by atoms with Crippen LogP contribution < -0.4 is 4.74 Å². The molecule has 5 rings (SSSR count). The number of rotatable bonds is 5. The molecule has 0 aliphatic carbocycles. The maximum absolute atomic E-state index is 9.77. The van der Waals surface area contributed by atoms with Gasteiger partial charge in [0.15, 0.2) is 0 Å². The molecule has 0 radical (unpaired) electrons. The molecule has 0 saturated carbocycles. The van der Waals surface area contributed by atoms with Crippen LogP contribution in [0.4, 0.5) is 0 Å². The third-order valence-corrected chi connectivity index (χ3v) is 5.91. The van der Waals surface area contributed by atoms with E-state index in [1.54, 1.807) is 13.3 Å². The Balaban J connectivity index is 1.72. The molecule has 3 aliphatic heterocycles. The molecule has 2 bridgehead atoms. The molecule has 5 atom stereocenters. The monoisotopic (exact) mass is 340 g/mol. The first kappa shape index (κ1) is 16.5. The van der Waals surface area contributed by atoms with E-state index in [9.17, 15) is 5.26 Å². The molecule has 132 valence electrons. The van der Waals surface area contributed by atoms with E-state index >= 15 is 0 Å². The van der Waals surface area contributed by atoms with Gasteiger partial charge in [0.25, 0.3) is 0 Å². The fourth-order valence-electron chi connectivity index (χ4n) is 4.55. The van der Waals surface area contributed by atoms with Crippen molar-refractivity contribution >= 4 is 10.9 Å². The minimum absolute atomic E-state index is 0.164. The quantitative estimate of drug-likeness (QED) is 0.511. The molecule has 1 aromatic carbocycles. The minimum atomic E-state index is -0.397. The molecule has 25 heavy (non-hydrogen) atoms. The van der Waals surface area contributed by atoms with Crippen LogP contribution in [0.25, 0.3) is 10.9 Å². The summed E-state index contributed by atoms with van der Waals surface area (Å²) in [4.78, 5) is 11.9. The summed E-state index contributed by atoms with van der Waals surface area (Å²) in [7, 11) is 1.65. The Morgan fingerprint density at radius 2 is 2.28 bits per heavy atom. The average molecular weight is 340 g/mol. The molecular weight excluding hydrogens is 316 g/mol. The number of methoxy groups -OCH3 is 1. The summed E-state index contributed by atoms with van der Waals surface area (Å²) in [6.07, 6.45) is 5.66. The summed E-state index contributed by atoms with van der Waals surface area (Å²) < 4.78 is 5.36.